The summed E-state index contributed by atoms with van der Waals surface area (Å²) in [6, 6.07) is 15.7. The van der Waals surface area contributed by atoms with Crippen LogP contribution in [0.3, 0.4) is 0 Å². The molecular formula is C15H16ClNO2S. The van der Waals surface area contributed by atoms with E-state index in [9.17, 15) is 8.42 Å². The van der Waals surface area contributed by atoms with Crippen molar-refractivity contribution in [1.82, 2.24) is 4.72 Å². The van der Waals surface area contributed by atoms with E-state index in [4.69, 9.17) is 11.6 Å². The van der Waals surface area contributed by atoms with Gasteiger partial charge < -0.3 is 0 Å². The van der Waals surface area contributed by atoms with Gasteiger partial charge in [0.1, 0.15) is 0 Å². The number of halogens is 1. The average Bonchev–Trinajstić information content (AvgIpc) is 2.46. The standard InChI is InChI=1S/C15H16ClNO2S/c1-12-7-5-6-10-15(12)20(18,19)17-14(11-16)13-8-3-2-4-9-13/h2-10,14,17H,11H2,1H3. The first-order chi connectivity index (χ1) is 9.54. The van der Waals surface area contributed by atoms with Crippen LogP contribution in [0.1, 0.15) is 17.2 Å². The lowest BCUT2D eigenvalue weighted by Gasteiger charge is -2.17. The SMILES string of the molecule is Cc1ccccc1S(=O)(=O)NC(CCl)c1ccccc1. The molecule has 3 nitrogen and oxygen atoms in total. The van der Waals surface area contributed by atoms with Crippen molar-refractivity contribution in [3.63, 3.8) is 0 Å². The fraction of sp³-hybridized carbons (Fsp3) is 0.200. The Morgan fingerprint density at radius 3 is 2.25 bits per heavy atom. The Morgan fingerprint density at radius 2 is 1.65 bits per heavy atom. The minimum Gasteiger partial charge on any atom is -0.207 e. The Labute approximate surface area is 124 Å². The first-order valence-electron chi connectivity index (χ1n) is 6.23. The minimum absolute atomic E-state index is 0.176. The summed E-state index contributed by atoms with van der Waals surface area (Å²) in [6.07, 6.45) is 0. The van der Waals surface area contributed by atoms with Gasteiger partial charge in [0.2, 0.25) is 10.0 Å². The van der Waals surface area contributed by atoms with E-state index < -0.39 is 16.1 Å². The molecule has 2 aromatic rings. The Morgan fingerprint density at radius 1 is 1.05 bits per heavy atom. The molecule has 0 saturated heterocycles. The van der Waals surface area contributed by atoms with Crippen molar-refractivity contribution < 1.29 is 8.42 Å². The molecule has 0 spiro atoms. The summed E-state index contributed by atoms with van der Waals surface area (Å²) in [4.78, 5) is 0.283. The highest BCUT2D eigenvalue weighted by atomic mass is 35.5. The predicted octanol–water partition coefficient (Wildman–Crippen LogP) is 3.25. The van der Waals surface area contributed by atoms with E-state index in [1.807, 2.05) is 36.4 Å². The van der Waals surface area contributed by atoms with E-state index in [1.54, 1.807) is 25.1 Å². The zero-order valence-corrected chi connectivity index (χ0v) is 12.7. The molecule has 1 atom stereocenters. The summed E-state index contributed by atoms with van der Waals surface area (Å²) >= 11 is 5.91. The Balaban J connectivity index is 2.30. The topological polar surface area (TPSA) is 46.2 Å². The van der Waals surface area contributed by atoms with Crippen molar-refractivity contribution in [2.45, 2.75) is 17.9 Å². The summed E-state index contributed by atoms with van der Waals surface area (Å²) in [6.45, 7) is 1.77. The number of nitrogens with one attached hydrogen (secondary N) is 1. The van der Waals surface area contributed by atoms with Gasteiger partial charge in [-0.05, 0) is 24.1 Å². The molecule has 1 N–H and O–H groups in total. The molecule has 0 amide bonds. The second-order valence-corrected chi connectivity index (χ2v) is 6.50. The molecule has 0 heterocycles. The van der Waals surface area contributed by atoms with E-state index in [0.29, 0.717) is 5.56 Å². The highest BCUT2D eigenvalue weighted by molar-refractivity contribution is 7.89. The first-order valence-corrected chi connectivity index (χ1v) is 8.25. The Kier molecular flexibility index (Phi) is 4.81. The number of aryl methyl sites for hydroxylation is 1. The van der Waals surface area contributed by atoms with Crippen LogP contribution in [-0.2, 0) is 10.0 Å². The quantitative estimate of drug-likeness (QED) is 0.862. The van der Waals surface area contributed by atoms with Gasteiger partial charge in [-0.1, -0.05) is 48.5 Å². The summed E-state index contributed by atoms with van der Waals surface area (Å²) in [5, 5.41) is 0. The molecule has 0 aromatic heterocycles. The Hall–Kier alpha value is -1.36. The molecule has 2 aromatic carbocycles. The summed E-state index contributed by atoms with van der Waals surface area (Å²) in [5.74, 6) is 0.176. The van der Waals surface area contributed by atoms with Gasteiger partial charge in [0.05, 0.1) is 10.9 Å². The number of benzene rings is 2. The van der Waals surface area contributed by atoms with E-state index in [2.05, 4.69) is 4.72 Å². The van der Waals surface area contributed by atoms with Gasteiger partial charge in [-0.25, -0.2) is 13.1 Å². The van der Waals surface area contributed by atoms with Crippen LogP contribution >= 0.6 is 11.6 Å². The molecule has 5 heteroatoms. The van der Waals surface area contributed by atoms with Crippen LogP contribution in [0.4, 0.5) is 0 Å². The lowest BCUT2D eigenvalue weighted by atomic mass is 10.1. The second kappa shape index (κ2) is 6.39. The van der Waals surface area contributed by atoms with E-state index >= 15 is 0 Å². The van der Waals surface area contributed by atoms with Crippen molar-refractivity contribution >= 4 is 21.6 Å². The van der Waals surface area contributed by atoms with Crippen LogP contribution in [-0.4, -0.2) is 14.3 Å². The average molecular weight is 310 g/mol. The third kappa shape index (κ3) is 3.39. The maximum absolute atomic E-state index is 12.4. The maximum atomic E-state index is 12.4. The summed E-state index contributed by atoms with van der Waals surface area (Å²) in [7, 11) is -3.58. The lowest BCUT2D eigenvalue weighted by molar-refractivity contribution is 0.567. The highest BCUT2D eigenvalue weighted by Gasteiger charge is 2.21. The normalized spacial score (nSPS) is 13.1. The third-order valence-electron chi connectivity index (χ3n) is 3.04. The summed E-state index contributed by atoms with van der Waals surface area (Å²) in [5.41, 5.74) is 1.56. The fourth-order valence-electron chi connectivity index (χ4n) is 1.98. The van der Waals surface area contributed by atoms with Gasteiger partial charge in [0.15, 0.2) is 0 Å². The molecular weight excluding hydrogens is 294 g/mol. The van der Waals surface area contributed by atoms with Crippen LogP contribution in [0.15, 0.2) is 59.5 Å². The molecule has 0 radical (unpaired) electrons. The van der Waals surface area contributed by atoms with Crippen molar-refractivity contribution in [2.75, 3.05) is 5.88 Å². The number of alkyl halides is 1. The van der Waals surface area contributed by atoms with Crippen LogP contribution in [0.2, 0.25) is 0 Å². The predicted molar refractivity (Wildman–Crippen MR) is 81.4 cm³/mol. The molecule has 1 unspecified atom stereocenters. The molecule has 20 heavy (non-hydrogen) atoms. The largest absolute Gasteiger partial charge is 0.241 e. The number of rotatable bonds is 5. The molecule has 0 aliphatic rings. The van der Waals surface area contributed by atoms with E-state index in [-0.39, 0.29) is 10.8 Å². The fourth-order valence-corrected chi connectivity index (χ4v) is 3.80. The smallest absolute Gasteiger partial charge is 0.207 e. The third-order valence-corrected chi connectivity index (χ3v) is 4.98. The van der Waals surface area contributed by atoms with Crippen LogP contribution < -0.4 is 4.72 Å². The first kappa shape index (κ1) is 15.0. The zero-order chi connectivity index (χ0) is 14.6. The number of sulfonamides is 1. The van der Waals surface area contributed by atoms with Crippen LogP contribution in [0.5, 0.6) is 0 Å². The molecule has 0 aliphatic carbocycles. The number of hydrogen-bond acceptors (Lipinski definition) is 2. The highest BCUT2D eigenvalue weighted by Crippen LogP contribution is 2.20. The van der Waals surface area contributed by atoms with Crippen molar-refractivity contribution in [2.24, 2.45) is 0 Å². The van der Waals surface area contributed by atoms with Crippen LogP contribution in [0.25, 0.3) is 0 Å². The van der Waals surface area contributed by atoms with E-state index in [1.165, 1.54) is 0 Å². The molecule has 0 bridgehead atoms. The second-order valence-electron chi connectivity index (χ2n) is 4.50. The molecule has 2 rings (SSSR count). The van der Waals surface area contributed by atoms with Crippen molar-refractivity contribution in [1.29, 1.82) is 0 Å². The van der Waals surface area contributed by atoms with Gasteiger partial charge in [-0.3, -0.25) is 0 Å². The van der Waals surface area contributed by atoms with E-state index in [0.717, 1.165) is 5.56 Å². The molecule has 0 saturated carbocycles. The maximum Gasteiger partial charge on any atom is 0.241 e. The summed E-state index contributed by atoms with van der Waals surface area (Å²) < 4.78 is 27.5. The molecule has 0 aliphatic heterocycles. The lowest BCUT2D eigenvalue weighted by Crippen LogP contribution is -2.30. The van der Waals surface area contributed by atoms with Gasteiger partial charge in [-0.2, -0.15) is 0 Å². The van der Waals surface area contributed by atoms with Gasteiger partial charge in [0, 0.05) is 5.88 Å². The van der Waals surface area contributed by atoms with Crippen molar-refractivity contribution in [3.05, 3.63) is 65.7 Å². The van der Waals surface area contributed by atoms with Gasteiger partial charge in [0.25, 0.3) is 0 Å². The Bertz CT molecular complexity index is 671. The monoisotopic (exact) mass is 309 g/mol. The van der Waals surface area contributed by atoms with Gasteiger partial charge >= 0.3 is 0 Å². The minimum atomic E-state index is -3.58. The van der Waals surface area contributed by atoms with Crippen LogP contribution in [0, 0.1) is 6.92 Å². The molecule has 0 fully saturated rings. The zero-order valence-electron chi connectivity index (χ0n) is 11.1. The number of hydrogen-bond donors (Lipinski definition) is 1. The molecule has 106 valence electrons. The van der Waals surface area contributed by atoms with Crippen molar-refractivity contribution in [3.8, 4) is 0 Å². The van der Waals surface area contributed by atoms with Gasteiger partial charge in [-0.15, -0.1) is 11.6 Å².